The lowest BCUT2D eigenvalue weighted by Gasteiger charge is -2.19. The summed E-state index contributed by atoms with van der Waals surface area (Å²) < 4.78 is 28.8. The van der Waals surface area contributed by atoms with E-state index >= 15 is 0 Å². The predicted octanol–water partition coefficient (Wildman–Crippen LogP) is 2.32. The number of nitrogens with one attached hydrogen (secondary N) is 1. The van der Waals surface area contributed by atoms with Crippen LogP contribution < -0.4 is 5.32 Å². The smallest absolute Gasteiger partial charge is 0.128 e. The van der Waals surface area contributed by atoms with Gasteiger partial charge < -0.3 is 5.32 Å². The number of halogens is 2. The molecule has 1 atom stereocenters. The van der Waals surface area contributed by atoms with Gasteiger partial charge in [0, 0.05) is 12.6 Å². The van der Waals surface area contributed by atoms with Gasteiger partial charge in [-0.1, -0.05) is 0 Å². The van der Waals surface area contributed by atoms with Crippen LogP contribution in [0.15, 0.2) is 24.4 Å². The van der Waals surface area contributed by atoms with E-state index in [9.17, 15) is 8.78 Å². The first-order valence-electron chi connectivity index (χ1n) is 5.65. The molecule has 0 aliphatic rings. The van der Waals surface area contributed by atoms with E-state index in [-0.39, 0.29) is 5.56 Å². The molecular weight excluding hydrogens is 236 g/mol. The maximum Gasteiger partial charge on any atom is 0.128 e. The van der Waals surface area contributed by atoms with Crippen molar-refractivity contribution in [3.63, 3.8) is 0 Å². The third-order valence-corrected chi connectivity index (χ3v) is 3.01. The molecule has 2 rings (SSSR count). The van der Waals surface area contributed by atoms with Crippen LogP contribution in [0.1, 0.15) is 22.9 Å². The number of aromatic nitrogens is 2. The van der Waals surface area contributed by atoms with Crippen molar-refractivity contribution in [3.8, 4) is 0 Å². The zero-order valence-electron chi connectivity index (χ0n) is 10.5. The zero-order chi connectivity index (χ0) is 13.3. The second kappa shape index (κ2) is 4.86. The molecule has 18 heavy (non-hydrogen) atoms. The van der Waals surface area contributed by atoms with Crippen LogP contribution in [-0.2, 0) is 7.05 Å². The van der Waals surface area contributed by atoms with Gasteiger partial charge in [-0.2, -0.15) is 5.10 Å². The van der Waals surface area contributed by atoms with Crippen LogP contribution in [-0.4, -0.2) is 16.8 Å². The standard InChI is InChI=1S/C13H15F2N3/c1-8-7-17-18(3)13(8)12(16-2)10-6-9(14)4-5-11(10)15/h4-7,12,16H,1-3H3. The molecule has 2 aromatic rings. The Morgan fingerprint density at radius 3 is 2.61 bits per heavy atom. The summed E-state index contributed by atoms with van der Waals surface area (Å²) in [4.78, 5) is 0. The summed E-state index contributed by atoms with van der Waals surface area (Å²) in [5.41, 5.74) is 2.03. The Morgan fingerprint density at radius 2 is 2.06 bits per heavy atom. The molecule has 0 saturated carbocycles. The third kappa shape index (κ3) is 2.13. The number of nitrogens with zero attached hydrogens (tertiary/aromatic N) is 2. The molecule has 3 nitrogen and oxygen atoms in total. The fraction of sp³-hybridized carbons (Fsp3) is 0.308. The second-order valence-corrected chi connectivity index (χ2v) is 4.22. The largest absolute Gasteiger partial charge is 0.308 e. The molecule has 0 spiro atoms. The molecule has 1 aromatic carbocycles. The van der Waals surface area contributed by atoms with Crippen LogP contribution in [0.2, 0.25) is 0 Å². The summed E-state index contributed by atoms with van der Waals surface area (Å²) in [6, 6.07) is 3.04. The van der Waals surface area contributed by atoms with Gasteiger partial charge in [0.2, 0.25) is 0 Å². The van der Waals surface area contributed by atoms with Gasteiger partial charge in [-0.05, 0) is 37.7 Å². The molecule has 96 valence electrons. The van der Waals surface area contributed by atoms with Crippen molar-refractivity contribution in [2.45, 2.75) is 13.0 Å². The molecule has 0 amide bonds. The van der Waals surface area contributed by atoms with E-state index < -0.39 is 17.7 Å². The van der Waals surface area contributed by atoms with E-state index in [1.165, 1.54) is 6.07 Å². The average Bonchev–Trinajstić information content (AvgIpc) is 2.66. The van der Waals surface area contributed by atoms with Crippen molar-refractivity contribution in [2.24, 2.45) is 7.05 Å². The third-order valence-electron chi connectivity index (χ3n) is 3.01. The van der Waals surface area contributed by atoms with Crippen LogP contribution in [0.4, 0.5) is 8.78 Å². The van der Waals surface area contributed by atoms with Gasteiger partial charge in [-0.25, -0.2) is 8.78 Å². The van der Waals surface area contributed by atoms with E-state index in [4.69, 9.17) is 0 Å². The van der Waals surface area contributed by atoms with Gasteiger partial charge in [0.25, 0.3) is 0 Å². The molecule has 1 unspecified atom stereocenters. The minimum absolute atomic E-state index is 0.282. The van der Waals surface area contributed by atoms with Crippen LogP contribution >= 0.6 is 0 Å². The lowest BCUT2D eigenvalue weighted by atomic mass is 10.0. The molecule has 0 aliphatic carbocycles. The maximum absolute atomic E-state index is 13.8. The second-order valence-electron chi connectivity index (χ2n) is 4.22. The fourth-order valence-electron chi connectivity index (χ4n) is 2.15. The Bertz CT molecular complexity index is 544. The van der Waals surface area contributed by atoms with Gasteiger partial charge in [0.05, 0.1) is 17.9 Å². The van der Waals surface area contributed by atoms with E-state index in [0.717, 1.165) is 23.4 Å². The molecule has 0 bridgehead atoms. The topological polar surface area (TPSA) is 29.9 Å². The number of aryl methyl sites for hydroxylation is 2. The highest BCUT2D eigenvalue weighted by Gasteiger charge is 2.21. The van der Waals surface area contributed by atoms with Crippen LogP contribution in [0.5, 0.6) is 0 Å². The summed E-state index contributed by atoms with van der Waals surface area (Å²) >= 11 is 0. The highest BCUT2D eigenvalue weighted by Crippen LogP contribution is 2.26. The molecule has 0 aliphatic heterocycles. The first-order chi connectivity index (χ1) is 8.54. The van der Waals surface area contributed by atoms with Gasteiger partial charge in [0.15, 0.2) is 0 Å². The van der Waals surface area contributed by atoms with Crippen LogP contribution in [0.3, 0.4) is 0 Å². The highest BCUT2D eigenvalue weighted by atomic mass is 19.1. The van der Waals surface area contributed by atoms with Crippen molar-refractivity contribution in [1.29, 1.82) is 0 Å². The lowest BCUT2D eigenvalue weighted by Crippen LogP contribution is -2.22. The summed E-state index contributed by atoms with van der Waals surface area (Å²) in [6.45, 7) is 1.89. The van der Waals surface area contributed by atoms with Gasteiger partial charge in [0.1, 0.15) is 11.6 Å². The lowest BCUT2D eigenvalue weighted by molar-refractivity contribution is 0.538. The molecule has 0 saturated heterocycles. The Labute approximate surface area is 104 Å². The van der Waals surface area contributed by atoms with Crippen molar-refractivity contribution < 1.29 is 8.78 Å². The number of hydrogen-bond donors (Lipinski definition) is 1. The van der Waals surface area contributed by atoms with Gasteiger partial charge in [-0.15, -0.1) is 0 Å². The van der Waals surface area contributed by atoms with Crippen molar-refractivity contribution in [1.82, 2.24) is 15.1 Å². The average molecular weight is 251 g/mol. The first-order valence-corrected chi connectivity index (χ1v) is 5.65. The van der Waals surface area contributed by atoms with Gasteiger partial charge in [-0.3, -0.25) is 4.68 Å². The molecule has 5 heteroatoms. The van der Waals surface area contributed by atoms with E-state index in [1.807, 2.05) is 6.92 Å². The first kappa shape index (κ1) is 12.7. The Morgan fingerprint density at radius 1 is 1.33 bits per heavy atom. The van der Waals surface area contributed by atoms with Crippen molar-refractivity contribution in [3.05, 3.63) is 52.9 Å². The highest BCUT2D eigenvalue weighted by molar-refractivity contribution is 5.33. The SMILES string of the molecule is CNC(c1cc(F)ccc1F)c1c(C)cnn1C. The van der Waals surface area contributed by atoms with Crippen molar-refractivity contribution in [2.75, 3.05) is 7.05 Å². The van der Waals surface area contributed by atoms with Crippen LogP contribution in [0.25, 0.3) is 0 Å². The minimum Gasteiger partial charge on any atom is -0.308 e. The maximum atomic E-state index is 13.8. The monoisotopic (exact) mass is 251 g/mol. The summed E-state index contributed by atoms with van der Waals surface area (Å²) in [5.74, 6) is -0.886. The normalized spacial score (nSPS) is 12.7. The molecule has 1 aromatic heterocycles. The minimum atomic E-state index is -0.452. The van der Waals surface area contributed by atoms with E-state index in [1.54, 1.807) is 25.0 Å². The molecule has 1 heterocycles. The number of benzene rings is 1. The quantitative estimate of drug-likeness (QED) is 0.907. The molecule has 0 fully saturated rings. The summed E-state index contributed by atoms with van der Waals surface area (Å²) in [5, 5.41) is 7.13. The number of hydrogen-bond acceptors (Lipinski definition) is 2. The Kier molecular flexibility index (Phi) is 3.43. The van der Waals surface area contributed by atoms with Crippen molar-refractivity contribution >= 4 is 0 Å². The summed E-state index contributed by atoms with van der Waals surface area (Å²) in [6.07, 6.45) is 1.71. The summed E-state index contributed by atoms with van der Waals surface area (Å²) in [7, 11) is 3.49. The molecule has 1 N–H and O–H groups in total. The molecular formula is C13H15F2N3. The fourth-order valence-corrected chi connectivity index (χ4v) is 2.15. The van der Waals surface area contributed by atoms with Gasteiger partial charge >= 0.3 is 0 Å². The number of rotatable bonds is 3. The molecule has 0 radical (unpaired) electrons. The predicted molar refractivity (Wildman–Crippen MR) is 65.2 cm³/mol. The zero-order valence-corrected chi connectivity index (χ0v) is 10.5. The van der Waals surface area contributed by atoms with E-state index in [2.05, 4.69) is 10.4 Å². The van der Waals surface area contributed by atoms with Crippen LogP contribution in [0, 0.1) is 18.6 Å². The Hall–Kier alpha value is -1.75. The van der Waals surface area contributed by atoms with E-state index in [0.29, 0.717) is 0 Å². The Balaban J connectivity index is 2.55.